The van der Waals surface area contributed by atoms with Crippen LogP contribution in [0.15, 0.2) is 5.16 Å². The second-order valence-corrected chi connectivity index (χ2v) is 5.83. The van der Waals surface area contributed by atoms with Crippen molar-refractivity contribution in [2.45, 2.75) is 50.3 Å². The lowest BCUT2D eigenvalue weighted by Gasteiger charge is -2.31. The zero-order valence-corrected chi connectivity index (χ0v) is 11.2. The first kappa shape index (κ1) is 14.2. The molecule has 1 heterocycles. The topological polar surface area (TPSA) is 87.7 Å². The Balaban J connectivity index is 2.64. The van der Waals surface area contributed by atoms with Crippen LogP contribution >= 0.6 is 11.8 Å². The molecular weight excluding hydrogens is 238 g/mol. The molecule has 0 bridgehead atoms. The molecule has 4 N–H and O–H groups in total. The molecule has 1 rings (SSSR count). The highest BCUT2D eigenvalue weighted by atomic mass is 32.2. The number of hydrogen-bond donors (Lipinski definition) is 3. The van der Waals surface area contributed by atoms with E-state index in [2.05, 4.69) is 10.5 Å². The molecule has 0 saturated carbocycles. The van der Waals surface area contributed by atoms with Gasteiger partial charge in [-0.1, -0.05) is 18.5 Å². The van der Waals surface area contributed by atoms with Crippen LogP contribution in [0, 0.1) is 0 Å². The van der Waals surface area contributed by atoms with E-state index in [1.165, 1.54) is 6.42 Å². The lowest BCUT2D eigenvalue weighted by atomic mass is 9.97. The summed E-state index contributed by atoms with van der Waals surface area (Å²) in [6.07, 6.45) is 3.77. The van der Waals surface area contributed by atoms with Crippen LogP contribution in [-0.2, 0) is 4.79 Å². The highest BCUT2D eigenvalue weighted by Crippen LogP contribution is 2.26. The van der Waals surface area contributed by atoms with E-state index in [0.717, 1.165) is 18.6 Å². The summed E-state index contributed by atoms with van der Waals surface area (Å²) in [6.45, 7) is 3.67. The Morgan fingerprint density at radius 3 is 2.82 bits per heavy atom. The largest absolute Gasteiger partial charge is 0.409 e. The Labute approximate surface area is 106 Å². The Bertz CT molecular complexity index is 303. The van der Waals surface area contributed by atoms with Crippen LogP contribution in [0.25, 0.3) is 0 Å². The van der Waals surface area contributed by atoms with E-state index in [1.807, 2.05) is 6.92 Å². The minimum atomic E-state index is -0.760. The SMILES string of the molecule is CCC(C)(NC(=O)C1CCCCS1)C(N)=NO. The lowest BCUT2D eigenvalue weighted by molar-refractivity contribution is -0.121. The summed E-state index contributed by atoms with van der Waals surface area (Å²) in [5.74, 6) is 1.07. The summed E-state index contributed by atoms with van der Waals surface area (Å²) in [7, 11) is 0. The van der Waals surface area contributed by atoms with Crippen molar-refractivity contribution in [3.05, 3.63) is 0 Å². The molecule has 1 saturated heterocycles. The van der Waals surface area contributed by atoms with Gasteiger partial charge in [-0.15, -0.1) is 11.8 Å². The molecule has 2 unspecified atom stereocenters. The molecule has 0 radical (unpaired) electrons. The number of hydrogen-bond acceptors (Lipinski definition) is 4. The Kier molecular flexibility index (Phi) is 5.11. The summed E-state index contributed by atoms with van der Waals surface area (Å²) in [5, 5.41) is 14.6. The molecule has 1 aliphatic heterocycles. The average Bonchev–Trinajstić information content (AvgIpc) is 2.38. The molecule has 0 aromatic rings. The molecular formula is C11H21N3O2S. The maximum Gasteiger partial charge on any atom is 0.233 e. The summed E-state index contributed by atoms with van der Waals surface area (Å²) in [5.41, 5.74) is 4.86. The number of thioether (sulfide) groups is 1. The third-order valence-corrected chi connectivity index (χ3v) is 4.63. The predicted octanol–water partition coefficient (Wildman–Crippen LogP) is 1.30. The van der Waals surface area contributed by atoms with Crippen LogP contribution in [0.5, 0.6) is 0 Å². The van der Waals surface area contributed by atoms with Crippen molar-refractivity contribution in [1.82, 2.24) is 5.32 Å². The molecule has 1 fully saturated rings. The van der Waals surface area contributed by atoms with Crippen LogP contribution in [-0.4, -0.2) is 33.5 Å². The van der Waals surface area contributed by atoms with Gasteiger partial charge in [0.1, 0.15) is 0 Å². The number of nitrogens with zero attached hydrogens (tertiary/aromatic N) is 1. The Morgan fingerprint density at radius 1 is 1.65 bits per heavy atom. The monoisotopic (exact) mass is 259 g/mol. The van der Waals surface area contributed by atoms with Crippen molar-refractivity contribution in [2.75, 3.05) is 5.75 Å². The fourth-order valence-electron chi connectivity index (χ4n) is 1.74. The third-order valence-electron chi connectivity index (χ3n) is 3.25. The first-order chi connectivity index (χ1) is 8.03. The van der Waals surface area contributed by atoms with Crippen molar-refractivity contribution in [3.8, 4) is 0 Å². The van der Waals surface area contributed by atoms with E-state index >= 15 is 0 Å². The lowest BCUT2D eigenvalue weighted by Crippen LogP contribution is -2.57. The van der Waals surface area contributed by atoms with Crippen molar-refractivity contribution < 1.29 is 10.0 Å². The smallest absolute Gasteiger partial charge is 0.233 e. The zero-order valence-electron chi connectivity index (χ0n) is 10.4. The summed E-state index contributed by atoms with van der Waals surface area (Å²) < 4.78 is 0. The molecule has 0 aromatic heterocycles. The Hall–Kier alpha value is -0.910. The van der Waals surface area contributed by atoms with Gasteiger partial charge in [-0.2, -0.15) is 0 Å². The van der Waals surface area contributed by atoms with Gasteiger partial charge in [-0.05, 0) is 31.9 Å². The van der Waals surface area contributed by atoms with Crippen LogP contribution in [0.1, 0.15) is 39.5 Å². The Morgan fingerprint density at radius 2 is 2.35 bits per heavy atom. The van der Waals surface area contributed by atoms with Crippen LogP contribution in [0.2, 0.25) is 0 Å². The van der Waals surface area contributed by atoms with E-state index in [9.17, 15) is 4.79 Å². The minimum Gasteiger partial charge on any atom is -0.409 e. The molecule has 6 heteroatoms. The second-order valence-electron chi connectivity index (χ2n) is 4.52. The van der Waals surface area contributed by atoms with Gasteiger partial charge in [0.25, 0.3) is 0 Å². The molecule has 1 aliphatic rings. The highest BCUT2D eigenvalue weighted by Gasteiger charge is 2.32. The van der Waals surface area contributed by atoms with E-state index in [-0.39, 0.29) is 17.0 Å². The number of nitrogens with two attached hydrogens (primary N) is 1. The van der Waals surface area contributed by atoms with Crippen LogP contribution in [0.4, 0.5) is 0 Å². The van der Waals surface area contributed by atoms with Crippen molar-refractivity contribution >= 4 is 23.5 Å². The fourth-order valence-corrected chi connectivity index (χ4v) is 2.94. The van der Waals surface area contributed by atoms with Gasteiger partial charge >= 0.3 is 0 Å². The zero-order chi connectivity index (χ0) is 12.9. The number of amidine groups is 1. The molecule has 98 valence electrons. The maximum atomic E-state index is 12.1. The fraction of sp³-hybridized carbons (Fsp3) is 0.818. The standard InChI is InChI=1S/C11H21N3O2S/c1-3-11(2,10(12)14-16)13-9(15)8-6-4-5-7-17-8/h8,16H,3-7H2,1-2H3,(H2,12,14)(H,13,15). The van der Waals surface area contributed by atoms with Gasteiger partial charge in [0.05, 0.1) is 10.8 Å². The summed E-state index contributed by atoms with van der Waals surface area (Å²) in [6, 6.07) is 0. The molecule has 5 nitrogen and oxygen atoms in total. The average molecular weight is 259 g/mol. The maximum absolute atomic E-state index is 12.1. The molecule has 17 heavy (non-hydrogen) atoms. The quantitative estimate of drug-likeness (QED) is 0.307. The number of amides is 1. The highest BCUT2D eigenvalue weighted by molar-refractivity contribution is 8.00. The van der Waals surface area contributed by atoms with Gasteiger partial charge in [0.2, 0.25) is 5.91 Å². The van der Waals surface area contributed by atoms with Gasteiger partial charge in [0, 0.05) is 0 Å². The molecule has 0 aliphatic carbocycles. The molecule has 2 atom stereocenters. The van der Waals surface area contributed by atoms with Crippen molar-refractivity contribution in [2.24, 2.45) is 10.9 Å². The third kappa shape index (κ3) is 3.52. The second kappa shape index (κ2) is 6.14. The minimum absolute atomic E-state index is 0.00104. The number of carbonyl (C=O) groups is 1. The summed E-state index contributed by atoms with van der Waals surface area (Å²) in [4.78, 5) is 12.1. The number of carbonyl (C=O) groups excluding carboxylic acids is 1. The van der Waals surface area contributed by atoms with Crippen LogP contribution in [0.3, 0.4) is 0 Å². The van der Waals surface area contributed by atoms with E-state index in [1.54, 1.807) is 18.7 Å². The molecule has 0 aromatic carbocycles. The van der Waals surface area contributed by atoms with Gasteiger partial charge < -0.3 is 16.3 Å². The van der Waals surface area contributed by atoms with Crippen molar-refractivity contribution in [3.63, 3.8) is 0 Å². The van der Waals surface area contributed by atoms with Gasteiger partial charge in [0.15, 0.2) is 5.84 Å². The van der Waals surface area contributed by atoms with Gasteiger partial charge in [-0.25, -0.2) is 0 Å². The van der Waals surface area contributed by atoms with E-state index in [4.69, 9.17) is 10.9 Å². The van der Waals surface area contributed by atoms with Gasteiger partial charge in [-0.3, -0.25) is 4.79 Å². The first-order valence-corrected chi connectivity index (χ1v) is 7.00. The van der Waals surface area contributed by atoms with Crippen molar-refractivity contribution in [1.29, 1.82) is 0 Å². The normalized spacial score (nSPS) is 25.1. The van der Waals surface area contributed by atoms with E-state index in [0.29, 0.717) is 6.42 Å². The molecule has 0 spiro atoms. The van der Waals surface area contributed by atoms with Crippen LogP contribution < -0.4 is 11.1 Å². The predicted molar refractivity (Wildman–Crippen MR) is 70.3 cm³/mol. The van der Waals surface area contributed by atoms with E-state index < -0.39 is 5.54 Å². The first-order valence-electron chi connectivity index (χ1n) is 5.95. The molecule has 1 amide bonds. The number of nitrogens with one attached hydrogen (secondary N) is 1. The summed E-state index contributed by atoms with van der Waals surface area (Å²) >= 11 is 1.69. The number of rotatable bonds is 4. The number of oxime groups is 1.